The number of aliphatic hydroxyl groups is 1. The fourth-order valence-corrected chi connectivity index (χ4v) is 3.66. The first kappa shape index (κ1) is 19.2. The highest BCUT2D eigenvalue weighted by Crippen LogP contribution is 2.44. The Morgan fingerprint density at radius 2 is 1.45 bits per heavy atom. The first-order valence-corrected chi connectivity index (χ1v) is 9.61. The van der Waals surface area contributed by atoms with Crippen LogP contribution in [-0.4, -0.2) is 36.4 Å². The maximum absolute atomic E-state index is 12.4. The van der Waals surface area contributed by atoms with Crippen molar-refractivity contribution in [3.05, 3.63) is 90.0 Å². The monoisotopic (exact) mass is 389 g/mol. The summed E-state index contributed by atoms with van der Waals surface area (Å²) in [5.41, 5.74) is 10.5. The van der Waals surface area contributed by atoms with E-state index in [1.165, 1.54) is 0 Å². The molecule has 5 nitrogen and oxygen atoms in total. The minimum absolute atomic E-state index is 0.0451. The molecule has 148 valence electrons. The van der Waals surface area contributed by atoms with E-state index < -0.39 is 18.1 Å². The van der Waals surface area contributed by atoms with Crippen molar-refractivity contribution in [3.8, 4) is 16.9 Å². The molecule has 0 fully saturated rings. The van der Waals surface area contributed by atoms with Crippen LogP contribution in [0, 0.1) is 0 Å². The zero-order valence-electron chi connectivity index (χ0n) is 15.9. The molecule has 3 aromatic rings. The highest BCUT2D eigenvalue weighted by Gasteiger charge is 2.31. The minimum atomic E-state index is -1.18. The molecule has 2 atom stereocenters. The number of carbonyl (C=O) groups excluding carboxylic acids is 1. The van der Waals surface area contributed by atoms with Crippen molar-refractivity contribution < 1.29 is 19.4 Å². The Bertz CT molecular complexity index is 943. The third-order valence-corrected chi connectivity index (χ3v) is 5.21. The van der Waals surface area contributed by atoms with E-state index in [0.717, 1.165) is 22.3 Å². The number of rotatable bonds is 7. The van der Waals surface area contributed by atoms with Crippen molar-refractivity contribution in [3.63, 3.8) is 0 Å². The van der Waals surface area contributed by atoms with Gasteiger partial charge in [-0.25, -0.2) is 0 Å². The second-order valence-electron chi connectivity index (χ2n) is 7.07. The summed E-state index contributed by atoms with van der Waals surface area (Å²) in [5, 5.41) is 10.2. The van der Waals surface area contributed by atoms with Crippen molar-refractivity contribution in [2.75, 3.05) is 13.2 Å². The smallest absolute Gasteiger partial charge is 0.325 e. The number of aliphatic hydroxyl groups excluding tert-OH is 1. The summed E-state index contributed by atoms with van der Waals surface area (Å²) in [7, 11) is 0. The average Bonchev–Trinajstić information content (AvgIpc) is 3.10. The van der Waals surface area contributed by atoms with E-state index in [1.807, 2.05) is 42.5 Å². The van der Waals surface area contributed by atoms with Gasteiger partial charge in [0.2, 0.25) is 0 Å². The molecule has 3 aromatic carbocycles. The van der Waals surface area contributed by atoms with E-state index in [9.17, 15) is 9.90 Å². The topological polar surface area (TPSA) is 81.8 Å². The van der Waals surface area contributed by atoms with Crippen molar-refractivity contribution in [2.45, 2.75) is 18.1 Å². The first-order chi connectivity index (χ1) is 14.1. The van der Waals surface area contributed by atoms with Crippen molar-refractivity contribution in [1.29, 1.82) is 0 Å². The lowest BCUT2D eigenvalue weighted by Crippen LogP contribution is -2.46. The molecule has 2 unspecified atom stereocenters. The summed E-state index contributed by atoms with van der Waals surface area (Å²) in [6.45, 7) is 0.0855. The predicted octanol–water partition coefficient (Wildman–Crippen LogP) is 3.11. The standard InChI is InChI=1S/C24H23NO4/c25-23(22(26)15-28-16-8-2-1-3-9-16)24(27)29-14-21-19-12-6-4-10-17(19)18-11-5-7-13-20(18)21/h1-13,21-23,26H,14-15,25H2. The number of ether oxygens (including phenoxy) is 2. The van der Waals surface area contributed by atoms with Gasteiger partial charge in [-0.1, -0.05) is 66.7 Å². The lowest BCUT2D eigenvalue weighted by atomic mass is 9.98. The molecule has 0 aromatic heterocycles. The molecule has 1 aliphatic rings. The molecular weight excluding hydrogens is 366 g/mol. The summed E-state index contributed by atoms with van der Waals surface area (Å²) in [4.78, 5) is 12.4. The molecule has 0 saturated carbocycles. The number of benzene rings is 3. The fraction of sp³-hybridized carbons (Fsp3) is 0.208. The molecule has 29 heavy (non-hydrogen) atoms. The maximum Gasteiger partial charge on any atom is 0.325 e. The highest BCUT2D eigenvalue weighted by atomic mass is 16.5. The van der Waals surface area contributed by atoms with Crippen molar-refractivity contribution in [2.24, 2.45) is 5.73 Å². The maximum atomic E-state index is 12.4. The summed E-state index contributed by atoms with van der Waals surface area (Å²) < 4.78 is 11.0. The Labute approximate surface area is 169 Å². The molecule has 0 heterocycles. The lowest BCUT2D eigenvalue weighted by Gasteiger charge is -2.20. The lowest BCUT2D eigenvalue weighted by molar-refractivity contribution is -0.148. The van der Waals surface area contributed by atoms with Gasteiger partial charge >= 0.3 is 5.97 Å². The SMILES string of the molecule is NC(C(=O)OCC1c2ccccc2-c2ccccc21)C(O)COc1ccccc1. The predicted molar refractivity (Wildman–Crippen MR) is 111 cm³/mol. The third-order valence-electron chi connectivity index (χ3n) is 5.21. The number of hydrogen-bond donors (Lipinski definition) is 2. The van der Waals surface area contributed by atoms with Crippen LogP contribution in [0.5, 0.6) is 5.75 Å². The van der Waals surface area contributed by atoms with Crippen LogP contribution in [0.2, 0.25) is 0 Å². The molecule has 0 bridgehead atoms. The van der Waals surface area contributed by atoms with E-state index >= 15 is 0 Å². The van der Waals surface area contributed by atoms with Gasteiger partial charge in [0, 0.05) is 5.92 Å². The number of carbonyl (C=O) groups is 1. The van der Waals surface area contributed by atoms with E-state index in [1.54, 1.807) is 12.1 Å². The van der Waals surface area contributed by atoms with Crippen LogP contribution in [0.1, 0.15) is 17.0 Å². The van der Waals surface area contributed by atoms with Gasteiger partial charge in [0.05, 0.1) is 0 Å². The zero-order chi connectivity index (χ0) is 20.2. The van der Waals surface area contributed by atoms with Crippen LogP contribution in [0.4, 0.5) is 0 Å². The minimum Gasteiger partial charge on any atom is -0.491 e. The summed E-state index contributed by atoms with van der Waals surface area (Å²) >= 11 is 0. The van der Waals surface area contributed by atoms with Crippen LogP contribution < -0.4 is 10.5 Å². The van der Waals surface area contributed by atoms with Crippen molar-refractivity contribution in [1.82, 2.24) is 0 Å². The van der Waals surface area contributed by atoms with Crippen LogP contribution >= 0.6 is 0 Å². The number of nitrogens with two attached hydrogens (primary N) is 1. The Morgan fingerprint density at radius 3 is 2.07 bits per heavy atom. The zero-order valence-corrected chi connectivity index (χ0v) is 15.9. The van der Waals surface area contributed by atoms with Gasteiger partial charge in [0.25, 0.3) is 0 Å². The second kappa shape index (κ2) is 8.47. The average molecular weight is 389 g/mol. The molecular formula is C24H23NO4. The Balaban J connectivity index is 1.38. The molecule has 3 N–H and O–H groups in total. The number of fused-ring (bicyclic) bond motifs is 3. The normalized spacial score (nSPS) is 14.6. The largest absolute Gasteiger partial charge is 0.491 e. The molecule has 0 saturated heterocycles. The Kier molecular flexibility index (Phi) is 5.60. The van der Waals surface area contributed by atoms with Gasteiger partial charge in [0.1, 0.15) is 31.1 Å². The molecule has 0 aliphatic heterocycles. The molecule has 0 amide bonds. The molecule has 0 spiro atoms. The number of para-hydroxylation sites is 1. The van der Waals surface area contributed by atoms with E-state index in [2.05, 4.69) is 24.3 Å². The van der Waals surface area contributed by atoms with Gasteiger partial charge in [-0.15, -0.1) is 0 Å². The quantitative estimate of drug-likeness (QED) is 0.607. The van der Waals surface area contributed by atoms with E-state index in [4.69, 9.17) is 15.2 Å². The van der Waals surface area contributed by atoms with Crippen LogP contribution in [0.25, 0.3) is 11.1 Å². The van der Waals surface area contributed by atoms with Crippen LogP contribution in [-0.2, 0) is 9.53 Å². The van der Waals surface area contributed by atoms with Gasteiger partial charge in [-0.2, -0.15) is 0 Å². The molecule has 0 radical (unpaired) electrons. The van der Waals surface area contributed by atoms with Crippen LogP contribution in [0.15, 0.2) is 78.9 Å². The first-order valence-electron chi connectivity index (χ1n) is 9.61. The summed E-state index contributed by atoms with van der Waals surface area (Å²) in [6.07, 6.45) is -1.16. The van der Waals surface area contributed by atoms with Gasteiger partial charge < -0.3 is 20.3 Å². The molecule has 5 heteroatoms. The molecule has 4 rings (SSSR count). The summed E-state index contributed by atoms with van der Waals surface area (Å²) in [5.74, 6) is -0.0847. The Morgan fingerprint density at radius 1 is 0.897 bits per heavy atom. The third kappa shape index (κ3) is 4.01. The fourth-order valence-electron chi connectivity index (χ4n) is 3.66. The van der Waals surface area contributed by atoms with Crippen LogP contribution in [0.3, 0.4) is 0 Å². The highest BCUT2D eigenvalue weighted by molar-refractivity contribution is 5.80. The van der Waals surface area contributed by atoms with E-state index in [-0.39, 0.29) is 19.1 Å². The molecule has 1 aliphatic carbocycles. The van der Waals surface area contributed by atoms with Gasteiger partial charge in [-0.3, -0.25) is 4.79 Å². The number of esters is 1. The number of hydrogen-bond acceptors (Lipinski definition) is 5. The Hall–Kier alpha value is -3.15. The van der Waals surface area contributed by atoms with Gasteiger partial charge in [0.15, 0.2) is 0 Å². The summed E-state index contributed by atoms with van der Waals surface area (Å²) in [6, 6.07) is 24.1. The van der Waals surface area contributed by atoms with E-state index in [0.29, 0.717) is 5.75 Å². The van der Waals surface area contributed by atoms with Gasteiger partial charge in [-0.05, 0) is 34.4 Å². The van der Waals surface area contributed by atoms with Crippen molar-refractivity contribution >= 4 is 5.97 Å². The second-order valence-corrected chi connectivity index (χ2v) is 7.07.